The molecule has 3 rings (SSSR count). The number of rotatable bonds is 7. The van der Waals surface area contributed by atoms with E-state index in [4.69, 9.17) is 14.2 Å². The van der Waals surface area contributed by atoms with Crippen LogP contribution in [0, 0.1) is 5.92 Å². The van der Waals surface area contributed by atoms with Gasteiger partial charge in [0.1, 0.15) is 5.75 Å². The van der Waals surface area contributed by atoms with Crippen LogP contribution in [-0.2, 0) is 9.59 Å². The molecule has 7 nitrogen and oxygen atoms in total. The fourth-order valence-corrected chi connectivity index (χ4v) is 3.43. The number of nitrogens with zero attached hydrogens (tertiary/aromatic N) is 1. The molecule has 0 radical (unpaired) electrons. The number of hydrogen-bond donors (Lipinski definition) is 1. The fraction of sp³-hybridized carbons (Fsp3) is 0.364. The van der Waals surface area contributed by atoms with Crippen LogP contribution in [0.1, 0.15) is 24.9 Å². The molecule has 1 aliphatic rings. The lowest BCUT2D eigenvalue weighted by Gasteiger charge is -2.20. The second kappa shape index (κ2) is 8.86. The van der Waals surface area contributed by atoms with Gasteiger partial charge in [-0.15, -0.1) is 0 Å². The third-order valence-corrected chi connectivity index (χ3v) is 5.15. The SMILES string of the molecule is COc1ccc(N2C[C@@H](C(=O)N[C@@H](C)c3ccc(OC)c(OC)c3)CC2=O)cc1. The molecule has 1 N–H and O–H groups in total. The van der Waals surface area contributed by atoms with E-state index in [1.165, 1.54) is 0 Å². The summed E-state index contributed by atoms with van der Waals surface area (Å²) in [4.78, 5) is 26.8. The Labute approximate surface area is 170 Å². The number of carbonyl (C=O) groups excluding carboxylic acids is 2. The molecule has 7 heteroatoms. The first-order valence-electron chi connectivity index (χ1n) is 9.43. The second-order valence-corrected chi connectivity index (χ2v) is 6.95. The Morgan fingerprint density at radius 1 is 1.03 bits per heavy atom. The van der Waals surface area contributed by atoms with Gasteiger partial charge in [-0.2, -0.15) is 0 Å². The quantitative estimate of drug-likeness (QED) is 0.776. The lowest BCUT2D eigenvalue weighted by molar-refractivity contribution is -0.126. The molecule has 1 aliphatic heterocycles. The van der Waals surface area contributed by atoms with Crippen molar-refractivity contribution in [3.8, 4) is 17.2 Å². The highest BCUT2D eigenvalue weighted by atomic mass is 16.5. The minimum Gasteiger partial charge on any atom is -0.497 e. The van der Waals surface area contributed by atoms with Crippen molar-refractivity contribution in [2.75, 3.05) is 32.8 Å². The highest BCUT2D eigenvalue weighted by Gasteiger charge is 2.35. The summed E-state index contributed by atoms with van der Waals surface area (Å²) in [6, 6.07) is 12.5. The zero-order valence-electron chi connectivity index (χ0n) is 17.1. The normalized spacial score (nSPS) is 17.0. The molecule has 0 unspecified atom stereocenters. The van der Waals surface area contributed by atoms with Crippen LogP contribution in [0.25, 0.3) is 0 Å². The van der Waals surface area contributed by atoms with Crippen LogP contribution in [0.3, 0.4) is 0 Å². The van der Waals surface area contributed by atoms with Gasteiger partial charge in [-0.05, 0) is 48.9 Å². The maximum atomic E-state index is 12.8. The predicted molar refractivity (Wildman–Crippen MR) is 110 cm³/mol. The zero-order valence-corrected chi connectivity index (χ0v) is 17.1. The van der Waals surface area contributed by atoms with Crippen molar-refractivity contribution in [3.63, 3.8) is 0 Å². The van der Waals surface area contributed by atoms with Crippen molar-refractivity contribution >= 4 is 17.5 Å². The van der Waals surface area contributed by atoms with Crippen LogP contribution in [0.5, 0.6) is 17.2 Å². The van der Waals surface area contributed by atoms with Crippen molar-refractivity contribution in [1.29, 1.82) is 0 Å². The van der Waals surface area contributed by atoms with Crippen LogP contribution in [0.15, 0.2) is 42.5 Å². The number of hydrogen-bond acceptors (Lipinski definition) is 5. The molecule has 2 aromatic carbocycles. The maximum Gasteiger partial charge on any atom is 0.227 e. The van der Waals surface area contributed by atoms with Crippen LogP contribution in [0.2, 0.25) is 0 Å². The molecule has 2 atom stereocenters. The topological polar surface area (TPSA) is 77.1 Å². The van der Waals surface area contributed by atoms with E-state index >= 15 is 0 Å². The smallest absolute Gasteiger partial charge is 0.227 e. The van der Waals surface area contributed by atoms with Gasteiger partial charge < -0.3 is 24.4 Å². The van der Waals surface area contributed by atoms with E-state index in [-0.39, 0.29) is 24.3 Å². The van der Waals surface area contributed by atoms with E-state index in [0.717, 1.165) is 17.0 Å². The Kier molecular flexibility index (Phi) is 6.26. The molecular formula is C22H26N2O5. The standard InChI is InChI=1S/C22H26N2O5/c1-14(15-5-10-19(28-3)20(11-15)29-4)23-22(26)16-12-21(25)24(13-16)17-6-8-18(27-2)9-7-17/h5-11,14,16H,12-13H2,1-4H3,(H,23,26)/t14-,16-/m0/s1. The van der Waals surface area contributed by atoms with Gasteiger partial charge in [-0.1, -0.05) is 6.07 Å². The third kappa shape index (κ3) is 4.45. The van der Waals surface area contributed by atoms with E-state index in [1.807, 2.05) is 31.2 Å². The van der Waals surface area contributed by atoms with Crippen molar-refractivity contribution in [2.45, 2.75) is 19.4 Å². The number of carbonyl (C=O) groups is 2. The van der Waals surface area contributed by atoms with Crippen molar-refractivity contribution in [2.24, 2.45) is 5.92 Å². The van der Waals surface area contributed by atoms with E-state index in [2.05, 4.69) is 5.32 Å². The Hall–Kier alpha value is -3.22. The van der Waals surface area contributed by atoms with Gasteiger partial charge in [0.15, 0.2) is 11.5 Å². The van der Waals surface area contributed by atoms with Gasteiger partial charge in [-0.25, -0.2) is 0 Å². The molecule has 0 aliphatic carbocycles. The number of nitrogens with one attached hydrogen (secondary N) is 1. The molecule has 1 fully saturated rings. The van der Waals surface area contributed by atoms with Crippen LogP contribution >= 0.6 is 0 Å². The first kappa shape index (κ1) is 20.5. The lowest BCUT2D eigenvalue weighted by atomic mass is 10.0. The number of anilines is 1. The summed E-state index contributed by atoms with van der Waals surface area (Å²) >= 11 is 0. The number of amides is 2. The summed E-state index contributed by atoms with van der Waals surface area (Å²) in [5.41, 5.74) is 1.66. The molecule has 0 bridgehead atoms. The first-order valence-corrected chi connectivity index (χ1v) is 9.43. The van der Waals surface area contributed by atoms with Gasteiger partial charge in [0.25, 0.3) is 0 Å². The zero-order chi connectivity index (χ0) is 21.0. The van der Waals surface area contributed by atoms with E-state index < -0.39 is 5.92 Å². The molecule has 0 spiro atoms. The largest absolute Gasteiger partial charge is 0.497 e. The summed E-state index contributed by atoms with van der Waals surface area (Å²) in [6.07, 6.45) is 0.191. The number of ether oxygens (including phenoxy) is 3. The Balaban J connectivity index is 1.65. The van der Waals surface area contributed by atoms with E-state index in [0.29, 0.717) is 18.0 Å². The summed E-state index contributed by atoms with van der Waals surface area (Å²) in [5, 5.41) is 3.00. The summed E-state index contributed by atoms with van der Waals surface area (Å²) in [6.45, 7) is 2.26. The van der Waals surface area contributed by atoms with E-state index in [9.17, 15) is 9.59 Å². The monoisotopic (exact) mass is 398 g/mol. The van der Waals surface area contributed by atoms with Gasteiger partial charge in [-0.3, -0.25) is 9.59 Å². The van der Waals surface area contributed by atoms with Crippen molar-refractivity contribution in [1.82, 2.24) is 5.32 Å². The average molecular weight is 398 g/mol. The van der Waals surface area contributed by atoms with Crippen LogP contribution < -0.4 is 24.4 Å². The van der Waals surface area contributed by atoms with Gasteiger partial charge in [0, 0.05) is 18.7 Å². The molecule has 2 amide bonds. The molecule has 0 aromatic heterocycles. The first-order chi connectivity index (χ1) is 14.0. The predicted octanol–water partition coefficient (Wildman–Crippen LogP) is 2.94. The van der Waals surface area contributed by atoms with Crippen LogP contribution in [0.4, 0.5) is 5.69 Å². The molecular weight excluding hydrogens is 372 g/mol. The van der Waals surface area contributed by atoms with Crippen LogP contribution in [-0.4, -0.2) is 39.7 Å². The molecule has 1 saturated heterocycles. The Morgan fingerprint density at radius 2 is 1.72 bits per heavy atom. The second-order valence-electron chi connectivity index (χ2n) is 6.95. The van der Waals surface area contributed by atoms with Gasteiger partial charge >= 0.3 is 0 Å². The molecule has 154 valence electrons. The Morgan fingerprint density at radius 3 is 2.34 bits per heavy atom. The minimum atomic E-state index is -0.396. The molecule has 29 heavy (non-hydrogen) atoms. The highest BCUT2D eigenvalue weighted by Crippen LogP contribution is 2.31. The average Bonchev–Trinajstić information content (AvgIpc) is 3.14. The van der Waals surface area contributed by atoms with Crippen molar-refractivity contribution < 1.29 is 23.8 Å². The number of methoxy groups -OCH3 is 3. The maximum absolute atomic E-state index is 12.8. The molecule has 0 saturated carbocycles. The molecule has 2 aromatic rings. The summed E-state index contributed by atoms with van der Waals surface area (Å²) in [5.74, 6) is 1.36. The van der Waals surface area contributed by atoms with Gasteiger partial charge in [0.2, 0.25) is 11.8 Å². The van der Waals surface area contributed by atoms with Crippen molar-refractivity contribution in [3.05, 3.63) is 48.0 Å². The highest BCUT2D eigenvalue weighted by molar-refractivity contribution is 6.00. The minimum absolute atomic E-state index is 0.0610. The third-order valence-electron chi connectivity index (χ3n) is 5.15. The number of benzene rings is 2. The Bertz CT molecular complexity index is 881. The van der Waals surface area contributed by atoms with Gasteiger partial charge in [0.05, 0.1) is 33.3 Å². The summed E-state index contributed by atoms with van der Waals surface area (Å²) < 4.78 is 15.7. The van der Waals surface area contributed by atoms with E-state index in [1.54, 1.807) is 44.4 Å². The fourth-order valence-electron chi connectivity index (χ4n) is 3.43. The molecule has 1 heterocycles. The summed E-state index contributed by atoms with van der Waals surface area (Å²) in [7, 11) is 4.74. The lowest BCUT2D eigenvalue weighted by Crippen LogP contribution is -2.34.